The molecule has 1 aromatic carbocycles. The van der Waals surface area contributed by atoms with Gasteiger partial charge in [0.25, 0.3) is 0 Å². The molecule has 0 atom stereocenters. The molecule has 74 valence electrons. The molecule has 1 heterocycles. The lowest BCUT2D eigenvalue weighted by Gasteiger charge is -2.02. The first-order valence-corrected chi connectivity index (χ1v) is 7.49. The minimum Gasteiger partial charge on any atom is -0.143 e. The Kier molecular flexibility index (Phi) is 3.42. The number of benzene rings is 1. The first-order chi connectivity index (χ1) is 6.76. The minimum atomic E-state index is 0.570. The van der Waals surface area contributed by atoms with Crippen molar-refractivity contribution in [2.24, 2.45) is 0 Å². The van der Waals surface area contributed by atoms with E-state index in [0.717, 1.165) is 4.47 Å². The van der Waals surface area contributed by atoms with Gasteiger partial charge >= 0.3 is 0 Å². The molecule has 4 heteroatoms. The number of hydrogen-bond acceptors (Lipinski definition) is 2. The normalized spacial score (nSPS) is 11.1. The summed E-state index contributed by atoms with van der Waals surface area (Å²) in [7, 11) is 0. The van der Waals surface area contributed by atoms with E-state index in [1.807, 2.05) is 0 Å². The summed E-state index contributed by atoms with van der Waals surface area (Å²) in [5, 5.41) is 3.51. The number of alkyl halides is 1. The largest absolute Gasteiger partial charge is 0.143 e. The van der Waals surface area contributed by atoms with Crippen LogP contribution in [0.1, 0.15) is 5.56 Å². The van der Waals surface area contributed by atoms with E-state index in [2.05, 4.69) is 39.7 Å². The Morgan fingerprint density at radius 3 is 2.93 bits per heavy atom. The van der Waals surface area contributed by atoms with Crippen molar-refractivity contribution in [2.45, 2.75) is 10.8 Å². The molecule has 0 N–H and O–H groups in total. The van der Waals surface area contributed by atoms with Crippen molar-refractivity contribution in [1.82, 2.24) is 0 Å². The van der Waals surface area contributed by atoms with Gasteiger partial charge in [0.2, 0.25) is 0 Å². The van der Waals surface area contributed by atoms with Crippen molar-refractivity contribution in [2.75, 3.05) is 6.26 Å². The maximum Gasteiger partial charge on any atom is 0.0481 e. The maximum absolute atomic E-state index is 5.94. The van der Waals surface area contributed by atoms with E-state index < -0.39 is 0 Å². The first-order valence-electron chi connectivity index (χ1n) is 4.06. The fraction of sp³-hybridized carbons (Fsp3) is 0.200. The Balaban J connectivity index is 2.78. The average Bonchev–Trinajstić information content (AvgIpc) is 2.59. The van der Waals surface area contributed by atoms with Crippen LogP contribution in [0.5, 0.6) is 0 Å². The standard InChI is InChI=1S/C10H8BrClS2/c1-13-9-5-14-8-3-7(11)2-6(4-12)10(8)9/h2-3,5H,4H2,1H3. The fourth-order valence-corrected chi connectivity index (χ4v) is 4.25. The Labute approximate surface area is 105 Å². The van der Waals surface area contributed by atoms with E-state index in [-0.39, 0.29) is 0 Å². The third-order valence-electron chi connectivity index (χ3n) is 2.05. The highest BCUT2D eigenvalue weighted by molar-refractivity contribution is 9.10. The van der Waals surface area contributed by atoms with Crippen LogP contribution in [0.2, 0.25) is 0 Å². The zero-order valence-electron chi connectivity index (χ0n) is 7.51. The van der Waals surface area contributed by atoms with Crippen molar-refractivity contribution in [3.63, 3.8) is 0 Å². The number of thioether (sulfide) groups is 1. The van der Waals surface area contributed by atoms with Gasteiger partial charge in [-0.1, -0.05) is 15.9 Å². The quantitative estimate of drug-likeness (QED) is 0.548. The third-order valence-corrected chi connectivity index (χ3v) is 4.64. The lowest BCUT2D eigenvalue weighted by Crippen LogP contribution is -1.80. The monoisotopic (exact) mass is 306 g/mol. The minimum absolute atomic E-state index is 0.570. The van der Waals surface area contributed by atoms with Gasteiger partial charge in [-0.3, -0.25) is 0 Å². The topological polar surface area (TPSA) is 0 Å². The van der Waals surface area contributed by atoms with E-state index in [1.165, 1.54) is 20.5 Å². The molecule has 0 nitrogen and oxygen atoms in total. The van der Waals surface area contributed by atoms with Crippen LogP contribution in [-0.2, 0) is 5.88 Å². The van der Waals surface area contributed by atoms with Crippen molar-refractivity contribution < 1.29 is 0 Å². The van der Waals surface area contributed by atoms with E-state index >= 15 is 0 Å². The molecule has 0 aliphatic carbocycles. The molecule has 0 bridgehead atoms. The maximum atomic E-state index is 5.94. The predicted molar refractivity (Wildman–Crippen MR) is 70.9 cm³/mol. The molecule has 0 radical (unpaired) electrons. The summed E-state index contributed by atoms with van der Waals surface area (Å²) in [6.45, 7) is 0. The molecule has 0 fully saturated rings. The van der Waals surface area contributed by atoms with Gasteiger partial charge < -0.3 is 0 Å². The van der Waals surface area contributed by atoms with Gasteiger partial charge in [0.05, 0.1) is 0 Å². The summed E-state index contributed by atoms with van der Waals surface area (Å²) < 4.78 is 2.41. The van der Waals surface area contributed by atoms with Gasteiger partial charge in [-0.2, -0.15) is 0 Å². The van der Waals surface area contributed by atoms with Crippen molar-refractivity contribution in [3.8, 4) is 0 Å². The Morgan fingerprint density at radius 2 is 2.29 bits per heavy atom. The number of thiophene rings is 1. The lowest BCUT2D eigenvalue weighted by molar-refractivity contribution is 1.42. The lowest BCUT2D eigenvalue weighted by atomic mass is 10.1. The Bertz CT molecular complexity index is 464. The van der Waals surface area contributed by atoms with Crippen LogP contribution < -0.4 is 0 Å². The summed E-state index contributed by atoms with van der Waals surface area (Å²) in [4.78, 5) is 1.33. The van der Waals surface area contributed by atoms with Crippen molar-refractivity contribution in [3.05, 3.63) is 27.5 Å². The van der Waals surface area contributed by atoms with Gasteiger partial charge in [0, 0.05) is 30.7 Å². The number of halogens is 2. The molecule has 2 rings (SSSR count). The highest BCUT2D eigenvalue weighted by Gasteiger charge is 2.08. The number of rotatable bonds is 2. The summed E-state index contributed by atoms with van der Waals surface area (Å²) in [5.74, 6) is 0.570. The van der Waals surface area contributed by atoms with Crippen LogP contribution in [0.3, 0.4) is 0 Å². The van der Waals surface area contributed by atoms with Gasteiger partial charge in [-0.25, -0.2) is 0 Å². The molecule has 0 saturated heterocycles. The van der Waals surface area contributed by atoms with E-state index in [4.69, 9.17) is 11.6 Å². The van der Waals surface area contributed by atoms with Gasteiger partial charge in [-0.15, -0.1) is 34.7 Å². The Morgan fingerprint density at radius 1 is 1.50 bits per heavy atom. The first kappa shape index (κ1) is 10.8. The summed E-state index contributed by atoms with van der Waals surface area (Å²) in [6, 6.07) is 4.25. The molecule has 14 heavy (non-hydrogen) atoms. The molecule has 0 unspecified atom stereocenters. The van der Waals surface area contributed by atoms with Crippen LogP contribution in [-0.4, -0.2) is 6.26 Å². The highest BCUT2D eigenvalue weighted by atomic mass is 79.9. The molecule has 1 aromatic heterocycles. The smallest absolute Gasteiger partial charge is 0.0481 e. The second kappa shape index (κ2) is 4.44. The summed E-state index contributed by atoms with van der Waals surface area (Å²) in [6.07, 6.45) is 2.10. The second-order valence-corrected chi connectivity index (χ2v) is 5.82. The molecular weight excluding hydrogens is 300 g/mol. The second-order valence-electron chi connectivity index (χ2n) is 2.88. The van der Waals surface area contributed by atoms with E-state index in [9.17, 15) is 0 Å². The van der Waals surface area contributed by atoms with Crippen LogP contribution in [0, 0.1) is 0 Å². The van der Waals surface area contributed by atoms with Crippen LogP contribution in [0.4, 0.5) is 0 Å². The molecule has 2 aromatic rings. The summed E-state index contributed by atoms with van der Waals surface area (Å²) in [5.41, 5.74) is 1.21. The van der Waals surface area contributed by atoms with Crippen LogP contribution >= 0.6 is 50.6 Å². The molecule has 0 aliphatic heterocycles. The van der Waals surface area contributed by atoms with Crippen LogP contribution in [0.25, 0.3) is 10.1 Å². The van der Waals surface area contributed by atoms with Crippen molar-refractivity contribution >= 4 is 60.7 Å². The van der Waals surface area contributed by atoms with Crippen molar-refractivity contribution in [1.29, 1.82) is 0 Å². The van der Waals surface area contributed by atoms with Crippen LogP contribution in [0.15, 0.2) is 26.9 Å². The fourth-order valence-electron chi connectivity index (χ4n) is 1.44. The average molecular weight is 308 g/mol. The highest BCUT2D eigenvalue weighted by Crippen LogP contribution is 2.37. The number of fused-ring (bicyclic) bond motifs is 1. The molecule has 0 spiro atoms. The zero-order valence-corrected chi connectivity index (χ0v) is 11.5. The van der Waals surface area contributed by atoms with Gasteiger partial charge in [0.1, 0.15) is 0 Å². The SMILES string of the molecule is CSc1csc2cc(Br)cc(CCl)c12. The van der Waals surface area contributed by atoms with E-state index in [1.54, 1.807) is 23.1 Å². The zero-order chi connectivity index (χ0) is 10.1. The van der Waals surface area contributed by atoms with E-state index in [0.29, 0.717) is 5.88 Å². The molecule has 0 aliphatic rings. The molecule has 0 saturated carbocycles. The van der Waals surface area contributed by atoms with Gasteiger partial charge in [-0.05, 0) is 24.0 Å². The molecule has 0 amide bonds. The summed E-state index contributed by atoms with van der Waals surface area (Å²) >= 11 is 13.0. The number of hydrogen-bond donors (Lipinski definition) is 0. The molecular formula is C10H8BrClS2. The Hall–Kier alpha value is 0.300. The predicted octanol–water partition coefficient (Wildman–Crippen LogP) is 5.12. The van der Waals surface area contributed by atoms with Gasteiger partial charge in [0.15, 0.2) is 0 Å². The third kappa shape index (κ3) is 1.83.